The highest BCUT2D eigenvalue weighted by Gasteiger charge is 2.30. The van der Waals surface area contributed by atoms with Gasteiger partial charge in [0.15, 0.2) is 0 Å². The van der Waals surface area contributed by atoms with Crippen LogP contribution in [0.3, 0.4) is 0 Å². The number of sulfonamides is 1. The largest absolute Gasteiger partial charge is 0.475 e. The molecular formula is C13H20N2O5S. The van der Waals surface area contributed by atoms with E-state index in [0.717, 1.165) is 25.5 Å². The molecule has 2 N–H and O–H groups in total. The summed E-state index contributed by atoms with van der Waals surface area (Å²) in [6, 6.07) is 1.20. The molecule has 1 fully saturated rings. The second-order valence-corrected chi connectivity index (χ2v) is 7.19. The van der Waals surface area contributed by atoms with E-state index in [9.17, 15) is 13.2 Å². The standard InChI is InChI=1S/C13H20N2O5S/c1-8-6-10(4-5-15(8)3)14-21(18,19)12-7-11(13(16)17)20-9(12)2/h7-8,10,14H,4-6H2,1-3H3,(H,16,17). The van der Waals surface area contributed by atoms with Gasteiger partial charge in [0, 0.05) is 18.2 Å². The molecular weight excluding hydrogens is 296 g/mol. The van der Waals surface area contributed by atoms with Gasteiger partial charge in [0.25, 0.3) is 0 Å². The maximum atomic E-state index is 12.4. The number of hydrogen-bond donors (Lipinski definition) is 2. The Morgan fingerprint density at radius 1 is 1.52 bits per heavy atom. The normalized spacial score (nSPS) is 24.1. The first-order valence-electron chi connectivity index (χ1n) is 6.77. The lowest BCUT2D eigenvalue weighted by Crippen LogP contribution is -2.47. The van der Waals surface area contributed by atoms with Crippen LogP contribution in [-0.4, -0.2) is 50.1 Å². The minimum Gasteiger partial charge on any atom is -0.475 e. The molecule has 1 aromatic rings. The van der Waals surface area contributed by atoms with Gasteiger partial charge < -0.3 is 14.4 Å². The third kappa shape index (κ3) is 3.45. The van der Waals surface area contributed by atoms with Crippen molar-refractivity contribution < 1.29 is 22.7 Å². The first-order valence-corrected chi connectivity index (χ1v) is 8.25. The summed E-state index contributed by atoms with van der Waals surface area (Å²) in [6.45, 7) is 4.31. The first kappa shape index (κ1) is 16.0. The summed E-state index contributed by atoms with van der Waals surface area (Å²) in [5.41, 5.74) is 0. The smallest absolute Gasteiger partial charge is 0.371 e. The average molecular weight is 316 g/mol. The highest BCUT2D eigenvalue weighted by atomic mass is 32.2. The fourth-order valence-electron chi connectivity index (χ4n) is 2.52. The highest BCUT2D eigenvalue weighted by molar-refractivity contribution is 7.89. The number of carboxylic acids is 1. The van der Waals surface area contributed by atoms with E-state index in [4.69, 9.17) is 9.52 Å². The van der Waals surface area contributed by atoms with Crippen molar-refractivity contribution in [2.24, 2.45) is 0 Å². The Labute approximate surface area is 124 Å². The van der Waals surface area contributed by atoms with Crippen molar-refractivity contribution in [3.05, 3.63) is 17.6 Å². The van der Waals surface area contributed by atoms with E-state index in [1.165, 1.54) is 6.92 Å². The number of carbonyl (C=O) groups is 1. The van der Waals surface area contributed by atoms with E-state index in [-0.39, 0.29) is 22.5 Å². The van der Waals surface area contributed by atoms with Gasteiger partial charge in [-0.1, -0.05) is 0 Å². The lowest BCUT2D eigenvalue weighted by molar-refractivity contribution is 0.0661. The van der Waals surface area contributed by atoms with Gasteiger partial charge in [0.1, 0.15) is 10.7 Å². The number of nitrogens with one attached hydrogen (secondary N) is 1. The number of furan rings is 1. The van der Waals surface area contributed by atoms with Gasteiger partial charge in [0.2, 0.25) is 15.8 Å². The molecule has 0 aliphatic carbocycles. The van der Waals surface area contributed by atoms with Crippen LogP contribution in [-0.2, 0) is 10.0 Å². The van der Waals surface area contributed by atoms with Crippen LogP contribution in [0.5, 0.6) is 0 Å². The molecule has 2 heterocycles. The molecule has 7 nitrogen and oxygen atoms in total. The van der Waals surface area contributed by atoms with E-state index < -0.39 is 16.0 Å². The van der Waals surface area contributed by atoms with Crippen molar-refractivity contribution in [3.8, 4) is 0 Å². The number of nitrogens with zero attached hydrogens (tertiary/aromatic N) is 1. The predicted octanol–water partition coefficient (Wildman–Crippen LogP) is 1.05. The van der Waals surface area contributed by atoms with Gasteiger partial charge in [-0.05, 0) is 40.3 Å². The van der Waals surface area contributed by atoms with Crippen molar-refractivity contribution in [3.63, 3.8) is 0 Å². The van der Waals surface area contributed by atoms with Crippen LogP contribution in [0.2, 0.25) is 0 Å². The zero-order valence-corrected chi connectivity index (χ0v) is 13.1. The summed E-state index contributed by atoms with van der Waals surface area (Å²) in [4.78, 5) is 12.9. The number of carboxylic acid groups (broad SMARTS) is 1. The molecule has 2 rings (SSSR count). The maximum absolute atomic E-state index is 12.4. The molecule has 118 valence electrons. The number of piperidine rings is 1. The molecule has 1 saturated heterocycles. The Hall–Kier alpha value is -1.38. The van der Waals surface area contributed by atoms with E-state index in [1.54, 1.807) is 0 Å². The number of hydrogen-bond acceptors (Lipinski definition) is 5. The van der Waals surface area contributed by atoms with E-state index in [2.05, 4.69) is 9.62 Å². The number of aromatic carboxylic acids is 1. The third-order valence-corrected chi connectivity index (χ3v) is 5.53. The zero-order chi connectivity index (χ0) is 15.8. The monoisotopic (exact) mass is 316 g/mol. The Bertz CT molecular complexity index is 637. The molecule has 1 aromatic heterocycles. The lowest BCUT2D eigenvalue weighted by atomic mass is 10.0. The SMILES string of the molecule is Cc1oc(C(=O)O)cc1S(=O)(=O)NC1CCN(C)C(C)C1. The zero-order valence-electron chi connectivity index (χ0n) is 12.3. The Morgan fingerprint density at radius 3 is 2.71 bits per heavy atom. The Morgan fingerprint density at radius 2 is 2.19 bits per heavy atom. The lowest BCUT2D eigenvalue weighted by Gasteiger charge is -2.35. The van der Waals surface area contributed by atoms with Crippen molar-refractivity contribution in [1.82, 2.24) is 9.62 Å². The molecule has 2 unspecified atom stereocenters. The van der Waals surface area contributed by atoms with Gasteiger partial charge in [-0.3, -0.25) is 0 Å². The van der Waals surface area contributed by atoms with Gasteiger partial charge in [0.05, 0.1) is 0 Å². The minimum atomic E-state index is -3.77. The van der Waals surface area contributed by atoms with Crippen LogP contribution in [0, 0.1) is 6.92 Å². The summed E-state index contributed by atoms with van der Waals surface area (Å²) < 4.78 is 32.3. The second-order valence-electron chi connectivity index (χ2n) is 5.51. The Kier molecular flexibility index (Phi) is 4.40. The quantitative estimate of drug-likeness (QED) is 0.861. The van der Waals surface area contributed by atoms with Crippen LogP contribution in [0.1, 0.15) is 36.1 Å². The summed E-state index contributed by atoms with van der Waals surface area (Å²) in [6.07, 6.45) is 1.45. The van der Waals surface area contributed by atoms with E-state index in [0.29, 0.717) is 6.04 Å². The Balaban J connectivity index is 2.17. The number of likely N-dealkylation sites (tertiary alicyclic amines) is 1. The molecule has 2 atom stereocenters. The fourth-order valence-corrected chi connectivity index (χ4v) is 3.98. The van der Waals surface area contributed by atoms with Crippen molar-refractivity contribution in [2.45, 2.75) is 43.7 Å². The van der Waals surface area contributed by atoms with Gasteiger partial charge >= 0.3 is 5.97 Å². The van der Waals surface area contributed by atoms with Crippen LogP contribution >= 0.6 is 0 Å². The topological polar surface area (TPSA) is 99.8 Å². The molecule has 0 saturated carbocycles. The maximum Gasteiger partial charge on any atom is 0.371 e. The van der Waals surface area contributed by atoms with Crippen LogP contribution in [0.25, 0.3) is 0 Å². The molecule has 0 bridgehead atoms. The van der Waals surface area contributed by atoms with Gasteiger partial charge in [-0.25, -0.2) is 17.9 Å². The molecule has 21 heavy (non-hydrogen) atoms. The summed E-state index contributed by atoms with van der Waals surface area (Å²) in [7, 11) is -1.76. The molecule has 0 radical (unpaired) electrons. The number of aryl methyl sites for hydroxylation is 1. The summed E-state index contributed by atoms with van der Waals surface area (Å²) >= 11 is 0. The average Bonchev–Trinajstić information content (AvgIpc) is 2.77. The van der Waals surface area contributed by atoms with Crippen LogP contribution in [0.15, 0.2) is 15.4 Å². The van der Waals surface area contributed by atoms with Gasteiger partial charge in [-0.15, -0.1) is 0 Å². The summed E-state index contributed by atoms with van der Waals surface area (Å²) in [5, 5.41) is 8.86. The molecule has 1 aliphatic rings. The second kappa shape index (κ2) is 5.78. The first-order chi connectivity index (χ1) is 9.70. The van der Waals surface area contributed by atoms with Crippen molar-refractivity contribution in [1.29, 1.82) is 0 Å². The van der Waals surface area contributed by atoms with Crippen molar-refractivity contribution >= 4 is 16.0 Å². The van der Waals surface area contributed by atoms with E-state index in [1.807, 2.05) is 14.0 Å². The predicted molar refractivity (Wildman–Crippen MR) is 75.8 cm³/mol. The minimum absolute atomic E-state index is 0.0841. The molecule has 0 amide bonds. The fraction of sp³-hybridized carbons (Fsp3) is 0.615. The summed E-state index contributed by atoms with van der Waals surface area (Å²) in [5.74, 6) is -1.57. The number of rotatable bonds is 4. The molecule has 0 spiro atoms. The highest BCUT2D eigenvalue weighted by Crippen LogP contribution is 2.22. The van der Waals surface area contributed by atoms with Gasteiger partial charge in [-0.2, -0.15) is 0 Å². The van der Waals surface area contributed by atoms with Crippen molar-refractivity contribution in [2.75, 3.05) is 13.6 Å². The molecule has 1 aliphatic heterocycles. The molecule has 8 heteroatoms. The third-order valence-electron chi connectivity index (χ3n) is 3.90. The van der Waals surface area contributed by atoms with Crippen LogP contribution < -0.4 is 4.72 Å². The van der Waals surface area contributed by atoms with Crippen LogP contribution in [0.4, 0.5) is 0 Å². The molecule has 0 aromatic carbocycles. The van der Waals surface area contributed by atoms with E-state index >= 15 is 0 Å².